The SMILES string of the molecule is CC1(C)CC(N2CC(C#N)CC2=O)CC(C)(C)C1. The Hall–Kier alpha value is -1.04. The molecule has 1 saturated heterocycles. The van der Waals surface area contributed by atoms with Crippen LogP contribution in [0.3, 0.4) is 0 Å². The first-order valence-electron chi connectivity index (χ1n) is 6.92. The smallest absolute Gasteiger partial charge is 0.224 e. The number of amides is 1. The molecular formula is C15H24N2O. The van der Waals surface area contributed by atoms with Crippen LogP contribution in [0.2, 0.25) is 0 Å². The third-order valence-electron chi connectivity index (χ3n) is 4.32. The third-order valence-corrected chi connectivity index (χ3v) is 4.32. The van der Waals surface area contributed by atoms with Gasteiger partial charge in [-0.3, -0.25) is 4.79 Å². The number of carbonyl (C=O) groups excluding carboxylic acids is 1. The lowest BCUT2D eigenvalue weighted by Gasteiger charge is -2.47. The van der Waals surface area contributed by atoms with E-state index in [2.05, 4.69) is 33.8 Å². The number of rotatable bonds is 1. The molecule has 0 bridgehead atoms. The molecule has 2 aliphatic rings. The van der Waals surface area contributed by atoms with Crippen LogP contribution in [-0.4, -0.2) is 23.4 Å². The van der Waals surface area contributed by atoms with Crippen LogP contribution < -0.4 is 0 Å². The Balaban J connectivity index is 2.14. The molecule has 18 heavy (non-hydrogen) atoms. The summed E-state index contributed by atoms with van der Waals surface area (Å²) >= 11 is 0. The highest BCUT2D eigenvalue weighted by Gasteiger charge is 2.44. The summed E-state index contributed by atoms with van der Waals surface area (Å²) < 4.78 is 0. The van der Waals surface area contributed by atoms with Gasteiger partial charge >= 0.3 is 0 Å². The lowest BCUT2D eigenvalue weighted by molar-refractivity contribution is -0.132. The molecule has 0 N–H and O–H groups in total. The summed E-state index contributed by atoms with van der Waals surface area (Å²) in [5.41, 5.74) is 0.578. The van der Waals surface area contributed by atoms with E-state index in [1.54, 1.807) is 0 Å². The predicted molar refractivity (Wildman–Crippen MR) is 70.6 cm³/mol. The fourth-order valence-electron chi connectivity index (χ4n) is 4.18. The molecule has 0 aromatic carbocycles. The zero-order chi connectivity index (χ0) is 13.6. The molecule has 3 heteroatoms. The van der Waals surface area contributed by atoms with E-state index in [0.29, 0.717) is 19.0 Å². The van der Waals surface area contributed by atoms with Crippen molar-refractivity contribution < 1.29 is 4.79 Å². The summed E-state index contributed by atoms with van der Waals surface area (Å²) in [4.78, 5) is 14.0. The van der Waals surface area contributed by atoms with Gasteiger partial charge in [0.25, 0.3) is 0 Å². The molecule has 2 fully saturated rings. The molecule has 2 rings (SSSR count). The summed E-state index contributed by atoms with van der Waals surface area (Å²) in [5, 5.41) is 8.98. The minimum absolute atomic E-state index is 0.0920. The van der Waals surface area contributed by atoms with E-state index in [0.717, 1.165) is 12.8 Å². The van der Waals surface area contributed by atoms with E-state index in [4.69, 9.17) is 5.26 Å². The van der Waals surface area contributed by atoms with Gasteiger partial charge in [0.05, 0.1) is 12.0 Å². The van der Waals surface area contributed by atoms with Crippen molar-refractivity contribution in [1.82, 2.24) is 4.90 Å². The topological polar surface area (TPSA) is 44.1 Å². The normalized spacial score (nSPS) is 31.4. The first-order chi connectivity index (χ1) is 8.22. The highest BCUT2D eigenvalue weighted by Crippen LogP contribution is 2.47. The lowest BCUT2D eigenvalue weighted by atomic mass is 9.63. The molecule has 100 valence electrons. The van der Waals surface area contributed by atoms with Gasteiger partial charge in [-0.15, -0.1) is 0 Å². The maximum Gasteiger partial charge on any atom is 0.224 e. The molecule has 1 aliphatic heterocycles. The number of nitriles is 1. The van der Waals surface area contributed by atoms with Gasteiger partial charge in [-0.2, -0.15) is 5.26 Å². The quantitative estimate of drug-likeness (QED) is 0.716. The molecule has 0 spiro atoms. The maximum atomic E-state index is 12.0. The Morgan fingerprint density at radius 1 is 1.22 bits per heavy atom. The molecule has 3 nitrogen and oxygen atoms in total. The summed E-state index contributed by atoms with van der Waals surface area (Å²) in [6.07, 6.45) is 3.77. The standard InChI is InChI=1S/C15H24N2O/c1-14(2)6-12(7-15(3,4)10-14)17-9-11(8-16)5-13(17)18/h11-12H,5-7,9-10H2,1-4H3. The molecule has 0 radical (unpaired) electrons. The average molecular weight is 248 g/mol. The number of hydrogen-bond donors (Lipinski definition) is 0. The molecule has 1 aliphatic carbocycles. The summed E-state index contributed by atoms with van der Waals surface area (Å²) in [6.45, 7) is 9.82. The van der Waals surface area contributed by atoms with Crippen LogP contribution in [0.25, 0.3) is 0 Å². The Kier molecular flexibility index (Phi) is 3.17. The molecule has 1 amide bonds. The lowest BCUT2D eigenvalue weighted by Crippen LogP contribution is -2.46. The van der Waals surface area contributed by atoms with Crippen molar-refractivity contribution in [3.63, 3.8) is 0 Å². The number of carbonyl (C=O) groups is 1. The largest absolute Gasteiger partial charge is 0.338 e. The minimum atomic E-state index is -0.0920. The molecule has 1 heterocycles. The zero-order valence-corrected chi connectivity index (χ0v) is 12.0. The van der Waals surface area contributed by atoms with E-state index in [1.165, 1.54) is 6.42 Å². The Morgan fingerprint density at radius 3 is 2.22 bits per heavy atom. The number of likely N-dealkylation sites (tertiary alicyclic amines) is 1. The van der Waals surface area contributed by atoms with Crippen LogP contribution in [-0.2, 0) is 4.79 Å². The van der Waals surface area contributed by atoms with Crippen LogP contribution in [0.15, 0.2) is 0 Å². The number of hydrogen-bond acceptors (Lipinski definition) is 2. The minimum Gasteiger partial charge on any atom is -0.338 e. The van der Waals surface area contributed by atoms with E-state index in [1.807, 2.05) is 4.90 Å². The summed E-state index contributed by atoms with van der Waals surface area (Å²) in [7, 11) is 0. The van der Waals surface area contributed by atoms with Crippen molar-refractivity contribution in [2.75, 3.05) is 6.54 Å². The molecule has 0 aromatic heterocycles. The van der Waals surface area contributed by atoms with E-state index in [9.17, 15) is 4.79 Å². The van der Waals surface area contributed by atoms with E-state index >= 15 is 0 Å². The summed E-state index contributed by atoms with van der Waals surface area (Å²) in [6, 6.07) is 2.57. The van der Waals surface area contributed by atoms with Crippen molar-refractivity contribution in [2.24, 2.45) is 16.7 Å². The summed E-state index contributed by atoms with van der Waals surface area (Å²) in [5.74, 6) is 0.0886. The Bertz CT molecular complexity index is 376. The van der Waals surface area contributed by atoms with Crippen molar-refractivity contribution >= 4 is 5.91 Å². The second-order valence-electron chi connectivity index (χ2n) is 7.64. The van der Waals surface area contributed by atoms with Gasteiger partial charge in [0, 0.05) is 19.0 Å². The van der Waals surface area contributed by atoms with Crippen LogP contribution in [0.4, 0.5) is 0 Å². The van der Waals surface area contributed by atoms with Crippen molar-refractivity contribution in [1.29, 1.82) is 5.26 Å². The fraction of sp³-hybridized carbons (Fsp3) is 0.867. The van der Waals surface area contributed by atoms with Crippen molar-refractivity contribution in [3.8, 4) is 6.07 Å². The van der Waals surface area contributed by atoms with Crippen molar-refractivity contribution in [2.45, 2.75) is 59.4 Å². The maximum absolute atomic E-state index is 12.0. The van der Waals surface area contributed by atoms with Gasteiger partial charge in [-0.25, -0.2) is 0 Å². The van der Waals surface area contributed by atoms with Gasteiger partial charge in [0.1, 0.15) is 0 Å². The Morgan fingerprint density at radius 2 is 1.78 bits per heavy atom. The van der Waals surface area contributed by atoms with Gasteiger partial charge in [-0.1, -0.05) is 27.7 Å². The van der Waals surface area contributed by atoms with Crippen molar-refractivity contribution in [3.05, 3.63) is 0 Å². The molecular weight excluding hydrogens is 224 g/mol. The molecule has 1 saturated carbocycles. The highest BCUT2D eigenvalue weighted by atomic mass is 16.2. The predicted octanol–water partition coefficient (Wildman–Crippen LogP) is 2.96. The molecule has 1 atom stereocenters. The monoisotopic (exact) mass is 248 g/mol. The zero-order valence-electron chi connectivity index (χ0n) is 12.0. The third kappa shape index (κ3) is 2.68. The van der Waals surface area contributed by atoms with E-state index in [-0.39, 0.29) is 22.7 Å². The number of nitrogens with zero attached hydrogens (tertiary/aromatic N) is 2. The highest BCUT2D eigenvalue weighted by molar-refractivity contribution is 5.79. The van der Waals surface area contributed by atoms with Gasteiger partial charge < -0.3 is 4.90 Å². The second kappa shape index (κ2) is 4.26. The van der Waals surface area contributed by atoms with E-state index < -0.39 is 0 Å². The Labute approximate surface area is 110 Å². The fourth-order valence-corrected chi connectivity index (χ4v) is 4.18. The van der Waals surface area contributed by atoms with Crippen LogP contribution >= 0.6 is 0 Å². The van der Waals surface area contributed by atoms with Crippen LogP contribution in [0, 0.1) is 28.1 Å². The average Bonchev–Trinajstić information content (AvgIpc) is 2.55. The second-order valence-corrected chi connectivity index (χ2v) is 7.64. The molecule has 1 unspecified atom stereocenters. The first-order valence-corrected chi connectivity index (χ1v) is 6.92. The van der Waals surface area contributed by atoms with Crippen LogP contribution in [0.1, 0.15) is 53.4 Å². The van der Waals surface area contributed by atoms with Gasteiger partial charge in [-0.05, 0) is 30.1 Å². The van der Waals surface area contributed by atoms with Crippen LogP contribution in [0.5, 0.6) is 0 Å². The first kappa shape index (κ1) is 13.4. The van der Waals surface area contributed by atoms with Gasteiger partial charge in [0.15, 0.2) is 0 Å². The molecule has 0 aromatic rings. The van der Waals surface area contributed by atoms with Gasteiger partial charge in [0.2, 0.25) is 5.91 Å².